The van der Waals surface area contributed by atoms with Crippen LogP contribution in [0.15, 0.2) is 42.0 Å². The molecule has 1 N–H and O–H groups in total. The van der Waals surface area contributed by atoms with Crippen molar-refractivity contribution in [2.45, 2.75) is 65.2 Å². The van der Waals surface area contributed by atoms with E-state index in [2.05, 4.69) is 19.2 Å². The van der Waals surface area contributed by atoms with E-state index >= 15 is 0 Å². The molecule has 3 fully saturated rings. The number of carbonyl (C=O) groups is 2. The molecule has 6 atom stereocenters. The molecule has 0 radical (unpaired) electrons. The molecule has 4 aliphatic rings. The van der Waals surface area contributed by atoms with Crippen LogP contribution in [0.25, 0.3) is 16.7 Å². The number of nitrogens with one attached hydrogen (secondary N) is 1. The number of allylic oxidation sites excluding steroid dienone is 1. The average molecular weight is 536 g/mol. The molecule has 206 valence electrons. The van der Waals surface area contributed by atoms with Crippen molar-refractivity contribution in [1.29, 1.82) is 0 Å². The lowest BCUT2D eigenvalue weighted by atomic mass is 9.46. The number of amides is 1. The molecule has 0 spiro atoms. The summed E-state index contributed by atoms with van der Waals surface area (Å²) in [4.78, 5) is 26.3. The first kappa shape index (κ1) is 26.3. The zero-order valence-corrected chi connectivity index (χ0v) is 22.9. The third-order valence-electron chi connectivity index (χ3n) is 11.2. The number of fused-ring (bicyclic) bond motifs is 5. The predicted molar refractivity (Wildman–Crippen MR) is 145 cm³/mol. The minimum atomic E-state index is -1.50. The van der Waals surface area contributed by atoms with Crippen LogP contribution in [-0.4, -0.2) is 18.7 Å². The van der Waals surface area contributed by atoms with Gasteiger partial charge < -0.3 is 5.32 Å². The molecule has 0 unspecified atom stereocenters. The first-order chi connectivity index (χ1) is 18.6. The summed E-state index contributed by atoms with van der Waals surface area (Å²) in [5.41, 5.74) is 2.60. The normalized spacial score (nSPS) is 33.8. The molecule has 3 nitrogen and oxygen atoms in total. The summed E-state index contributed by atoms with van der Waals surface area (Å²) >= 11 is 0. The second kappa shape index (κ2) is 9.35. The maximum absolute atomic E-state index is 15.0. The van der Waals surface area contributed by atoms with Crippen LogP contribution in [0.1, 0.15) is 70.8 Å². The van der Waals surface area contributed by atoms with Crippen LogP contribution in [0.4, 0.5) is 13.2 Å². The van der Waals surface area contributed by atoms with Gasteiger partial charge in [0, 0.05) is 30.5 Å². The fourth-order valence-electron chi connectivity index (χ4n) is 9.30. The summed E-state index contributed by atoms with van der Waals surface area (Å²) in [5.74, 6) is -2.31. The molecule has 0 aliphatic heterocycles. The van der Waals surface area contributed by atoms with Gasteiger partial charge >= 0.3 is 0 Å². The molecular weight excluding hydrogens is 499 g/mol. The van der Waals surface area contributed by atoms with Crippen molar-refractivity contribution >= 4 is 17.3 Å². The van der Waals surface area contributed by atoms with E-state index in [4.69, 9.17) is 0 Å². The summed E-state index contributed by atoms with van der Waals surface area (Å²) in [6, 6.07) is 9.25. The smallest absolute Gasteiger partial charge is 0.223 e. The number of carbonyl (C=O) groups excluding carboxylic acids is 2. The number of benzene rings is 2. The Morgan fingerprint density at radius 1 is 0.846 bits per heavy atom. The van der Waals surface area contributed by atoms with Gasteiger partial charge in [0.2, 0.25) is 5.91 Å². The van der Waals surface area contributed by atoms with Crippen LogP contribution in [0, 0.1) is 52.0 Å². The van der Waals surface area contributed by atoms with Crippen molar-refractivity contribution in [2.24, 2.45) is 34.5 Å². The molecule has 4 aliphatic carbocycles. The van der Waals surface area contributed by atoms with Gasteiger partial charge in [0.25, 0.3) is 0 Å². The molecule has 39 heavy (non-hydrogen) atoms. The first-order valence-corrected chi connectivity index (χ1v) is 14.3. The Morgan fingerprint density at radius 3 is 2.33 bits per heavy atom. The highest BCUT2D eigenvalue weighted by Gasteiger charge is 2.60. The van der Waals surface area contributed by atoms with Gasteiger partial charge in [0.15, 0.2) is 23.2 Å². The van der Waals surface area contributed by atoms with Gasteiger partial charge in [-0.15, -0.1) is 0 Å². The largest absolute Gasteiger partial charge is 0.359 e. The second-order valence-electron chi connectivity index (χ2n) is 12.7. The van der Waals surface area contributed by atoms with Crippen molar-refractivity contribution < 1.29 is 22.8 Å². The van der Waals surface area contributed by atoms with E-state index in [9.17, 15) is 22.8 Å². The maximum Gasteiger partial charge on any atom is 0.223 e. The molecular formula is C33H36F3NO2. The number of ketones is 1. The zero-order chi connectivity index (χ0) is 27.7. The second-order valence-corrected chi connectivity index (χ2v) is 12.7. The highest BCUT2D eigenvalue weighted by Crippen LogP contribution is 2.67. The molecule has 3 saturated carbocycles. The van der Waals surface area contributed by atoms with E-state index < -0.39 is 17.5 Å². The fourth-order valence-corrected chi connectivity index (χ4v) is 9.30. The maximum atomic E-state index is 15.0. The number of Topliss-reactive ketones (excluding diaryl/α,β-unsaturated/α-hetero) is 1. The predicted octanol–water partition coefficient (Wildman–Crippen LogP) is 7.49. The van der Waals surface area contributed by atoms with Gasteiger partial charge in [0.1, 0.15) is 0 Å². The van der Waals surface area contributed by atoms with E-state index in [0.29, 0.717) is 40.9 Å². The van der Waals surface area contributed by atoms with Crippen LogP contribution in [0.2, 0.25) is 0 Å². The minimum Gasteiger partial charge on any atom is -0.359 e. The quantitative estimate of drug-likeness (QED) is 0.414. The molecule has 0 bridgehead atoms. The van der Waals surface area contributed by atoms with Crippen molar-refractivity contribution in [3.05, 3.63) is 65.0 Å². The standard InChI is InChI=1S/C33H36F3NO2/c1-32-17-15-27(38)28(19-7-5-4-6-18(19)20-9-13-26(34)30(36)29(20)35)24(32)10-8-21-22-11-12-25(31(39)37-3)33(22,2)16-14-23(21)32/h4-7,9,13,21-23,25H,8,10-12,14-17H2,1-3H3,(H,37,39)/t21-,22-,23-,25+,32+,33-/m0/s1. The molecule has 6 rings (SSSR count). The Labute approximate surface area is 228 Å². The average Bonchev–Trinajstić information content (AvgIpc) is 3.29. The van der Waals surface area contributed by atoms with E-state index in [1.165, 1.54) is 6.07 Å². The van der Waals surface area contributed by atoms with E-state index in [1.54, 1.807) is 19.2 Å². The third kappa shape index (κ3) is 3.76. The summed E-state index contributed by atoms with van der Waals surface area (Å²) in [5, 5.41) is 2.89. The van der Waals surface area contributed by atoms with Gasteiger partial charge in [-0.25, -0.2) is 13.2 Å². The van der Waals surface area contributed by atoms with Crippen molar-refractivity contribution in [3.8, 4) is 11.1 Å². The highest BCUT2D eigenvalue weighted by molar-refractivity contribution is 6.24. The van der Waals surface area contributed by atoms with Crippen LogP contribution in [-0.2, 0) is 9.59 Å². The third-order valence-corrected chi connectivity index (χ3v) is 11.2. The van der Waals surface area contributed by atoms with Crippen LogP contribution in [0.5, 0.6) is 0 Å². The SMILES string of the molecule is CNC(=O)[C@H]1CC[C@H]2[C@@H]3CCC4=C(c5ccccc5-c5ccc(F)c(F)c5F)C(=O)CC[C@]4(C)[C@H]3CC[C@]12C. The Hall–Kier alpha value is -2.89. The molecule has 0 heterocycles. The monoisotopic (exact) mass is 535 g/mol. The summed E-state index contributed by atoms with van der Waals surface area (Å²) in [6.45, 7) is 4.62. The lowest BCUT2D eigenvalue weighted by molar-refractivity contribution is -0.132. The molecule has 2 aromatic rings. The summed E-state index contributed by atoms with van der Waals surface area (Å²) in [6.07, 6.45) is 6.96. The fraction of sp³-hybridized carbons (Fsp3) is 0.515. The van der Waals surface area contributed by atoms with Gasteiger partial charge in [0.05, 0.1) is 0 Å². The lowest BCUT2D eigenvalue weighted by Crippen LogP contribution is -2.52. The Balaban J connectivity index is 1.43. The Bertz CT molecular complexity index is 1400. The van der Waals surface area contributed by atoms with E-state index in [-0.39, 0.29) is 34.0 Å². The Kier molecular flexibility index (Phi) is 6.31. The first-order valence-electron chi connectivity index (χ1n) is 14.3. The molecule has 0 saturated heterocycles. The Morgan fingerprint density at radius 2 is 1.59 bits per heavy atom. The van der Waals surface area contributed by atoms with Crippen molar-refractivity contribution in [1.82, 2.24) is 5.32 Å². The minimum absolute atomic E-state index is 0.00291. The molecule has 2 aromatic carbocycles. The number of rotatable bonds is 3. The zero-order valence-electron chi connectivity index (χ0n) is 22.9. The van der Waals surface area contributed by atoms with E-state index in [1.807, 2.05) is 12.1 Å². The van der Waals surface area contributed by atoms with Gasteiger partial charge in [-0.3, -0.25) is 9.59 Å². The number of hydrogen-bond donors (Lipinski definition) is 1. The van der Waals surface area contributed by atoms with Gasteiger partial charge in [-0.2, -0.15) is 0 Å². The van der Waals surface area contributed by atoms with Crippen molar-refractivity contribution in [2.75, 3.05) is 7.05 Å². The highest BCUT2D eigenvalue weighted by atomic mass is 19.2. The number of hydrogen-bond acceptors (Lipinski definition) is 2. The van der Waals surface area contributed by atoms with Crippen LogP contribution < -0.4 is 5.32 Å². The summed E-state index contributed by atoms with van der Waals surface area (Å²) in [7, 11) is 1.73. The van der Waals surface area contributed by atoms with Crippen LogP contribution in [0.3, 0.4) is 0 Å². The van der Waals surface area contributed by atoms with Gasteiger partial charge in [-0.1, -0.05) is 43.7 Å². The molecule has 0 aromatic heterocycles. The van der Waals surface area contributed by atoms with Gasteiger partial charge in [-0.05, 0) is 96.8 Å². The molecule has 6 heteroatoms. The number of halogens is 3. The van der Waals surface area contributed by atoms with E-state index in [0.717, 1.165) is 56.6 Å². The lowest BCUT2D eigenvalue weighted by Gasteiger charge is -2.58. The summed E-state index contributed by atoms with van der Waals surface area (Å²) < 4.78 is 42.9. The van der Waals surface area contributed by atoms with Crippen molar-refractivity contribution in [3.63, 3.8) is 0 Å². The topological polar surface area (TPSA) is 46.2 Å². The molecule has 1 amide bonds. The van der Waals surface area contributed by atoms with Crippen LogP contribution >= 0.6 is 0 Å².